The summed E-state index contributed by atoms with van der Waals surface area (Å²) in [5.41, 5.74) is 1.09. The van der Waals surface area contributed by atoms with E-state index in [1.165, 1.54) is 32.0 Å². The van der Waals surface area contributed by atoms with Crippen LogP contribution in [0.3, 0.4) is 0 Å². The summed E-state index contributed by atoms with van der Waals surface area (Å²) in [5, 5.41) is 6.30. The van der Waals surface area contributed by atoms with E-state index in [1.54, 1.807) is 6.07 Å². The normalized spacial score (nSPS) is 15.5. The second-order valence-electron chi connectivity index (χ2n) is 6.09. The number of nitrogens with one attached hydrogen (secondary N) is 2. The average Bonchev–Trinajstić information content (AvgIpc) is 2.84. The third-order valence-corrected chi connectivity index (χ3v) is 4.68. The number of carbonyl (C=O) groups excluding carboxylic acids is 1. The molecule has 0 radical (unpaired) electrons. The van der Waals surface area contributed by atoms with E-state index in [2.05, 4.69) is 36.5 Å². The number of aromatic nitrogens is 2. The first-order valence-corrected chi connectivity index (χ1v) is 9.15. The highest BCUT2D eigenvalue weighted by Crippen LogP contribution is 2.21. The average molecular weight is 389 g/mol. The fourth-order valence-corrected chi connectivity index (χ4v) is 3.35. The van der Waals surface area contributed by atoms with Crippen LogP contribution in [0, 0.1) is 0 Å². The molecule has 3 rings (SSSR count). The highest BCUT2D eigenvalue weighted by atomic mass is 79.9. The molecule has 1 fully saturated rings. The zero-order chi connectivity index (χ0) is 16.8. The molecule has 0 atom stereocenters. The van der Waals surface area contributed by atoms with E-state index in [1.807, 2.05) is 24.3 Å². The van der Waals surface area contributed by atoms with Crippen LogP contribution in [0.5, 0.6) is 0 Å². The van der Waals surface area contributed by atoms with Crippen LogP contribution < -0.4 is 10.6 Å². The van der Waals surface area contributed by atoms with Crippen molar-refractivity contribution in [1.29, 1.82) is 0 Å². The molecule has 5 nitrogen and oxygen atoms in total. The Morgan fingerprint density at radius 2 is 1.88 bits per heavy atom. The Bertz CT molecular complexity index is 699. The standard InChI is InChI=1S/C18H21BrN4O/c19-13-6-5-9-15(10-13)23-18(24)16-11-17(21-12-20-16)22-14-7-3-1-2-4-8-14/h5-6,9-12,14H,1-4,7-8H2,(H,23,24)(H,20,21,22). The number of halogens is 1. The molecule has 6 heteroatoms. The summed E-state index contributed by atoms with van der Waals surface area (Å²) in [5.74, 6) is 0.482. The van der Waals surface area contributed by atoms with Crippen molar-refractivity contribution in [3.63, 3.8) is 0 Å². The number of hydrogen-bond donors (Lipinski definition) is 2. The Labute approximate surface area is 150 Å². The van der Waals surface area contributed by atoms with Gasteiger partial charge in [0.05, 0.1) is 0 Å². The van der Waals surface area contributed by atoms with Crippen LogP contribution >= 0.6 is 15.9 Å². The lowest BCUT2D eigenvalue weighted by atomic mass is 10.1. The summed E-state index contributed by atoms with van der Waals surface area (Å²) in [6.07, 6.45) is 8.87. The molecule has 1 aromatic heterocycles. The maximum absolute atomic E-state index is 12.4. The topological polar surface area (TPSA) is 66.9 Å². The van der Waals surface area contributed by atoms with Crippen molar-refractivity contribution in [1.82, 2.24) is 9.97 Å². The molecular formula is C18H21BrN4O. The van der Waals surface area contributed by atoms with Gasteiger partial charge in [0, 0.05) is 22.3 Å². The molecule has 24 heavy (non-hydrogen) atoms. The summed E-state index contributed by atoms with van der Waals surface area (Å²) in [7, 11) is 0. The molecule has 1 heterocycles. The maximum Gasteiger partial charge on any atom is 0.274 e. The van der Waals surface area contributed by atoms with Gasteiger partial charge in [-0.2, -0.15) is 0 Å². The van der Waals surface area contributed by atoms with Gasteiger partial charge >= 0.3 is 0 Å². The predicted molar refractivity (Wildman–Crippen MR) is 99.2 cm³/mol. The molecule has 0 spiro atoms. The second-order valence-corrected chi connectivity index (χ2v) is 7.00. The summed E-state index contributed by atoms with van der Waals surface area (Å²) in [4.78, 5) is 20.7. The number of amides is 1. The molecule has 1 aliphatic carbocycles. The fourth-order valence-electron chi connectivity index (χ4n) is 2.95. The highest BCUT2D eigenvalue weighted by Gasteiger charge is 2.14. The van der Waals surface area contributed by atoms with Gasteiger partial charge < -0.3 is 10.6 Å². The van der Waals surface area contributed by atoms with Gasteiger partial charge in [-0.1, -0.05) is 47.7 Å². The summed E-state index contributed by atoms with van der Waals surface area (Å²) < 4.78 is 0.915. The SMILES string of the molecule is O=C(Nc1cccc(Br)c1)c1cc(NC2CCCCCC2)ncn1. The van der Waals surface area contributed by atoms with Crippen LogP contribution in [0.4, 0.5) is 11.5 Å². The quantitative estimate of drug-likeness (QED) is 0.749. The van der Waals surface area contributed by atoms with Gasteiger partial charge in [-0.05, 0) is 31.0 Å². The number of benzene rings is 1. The van der Waals surface area contributed by atoms with Crippen LogP contribution in [-0.2, 0) is 0 Å². The Balaban J connectivity index is 1.66. The van der Waals surface area contributed by atoms with E-state index in [-0.39, 0.29) is 5.91 Å². The fraction of sp³-hybridized carbons (Fsp3) is 0.389. The smallest absolute Gasteiger partial charge is 0.274 e. The first kappa shape index (κ1) is 16.9. The monoisotopic (exact) mass is 388 g/mol. The predicted octanol–water partition coefficient (Wildman–Crippen LogP) is 4.63. The minimum atomic E-state index is -0.237. The van der Waals surface area contributed by atoms with Gasteiger partial charge in [0.1, 0.15) is 17.8 Å². The molecule has 1 amide bonds. The largest absolute Gasteiger partial charge is 0.367 e. The number of nitrogens with zero attached hydrogens (tertiary/aromatic N) is 2. The first-order valence-electron chi connectivity index (χ1n) is 8.36. The minimum Gasteiger partial charge on any atom is -0.367 e. The van der Waals surface area contributed by atoms with Gasteiger partial charge in [0.25, 0.3) is 5.91 Å². The van der Waals surface area contributed by atoms with E-state index < -0.39 is 0 Å². The van der Waals surface area contributed by atoms with E-state index in [0.717, 1.165) is 28.8 Å². The van der Waals surface area contributed by atoms with Gasteiger partial charge in [0.2, 0.25) is 0 Å². The van der Waals surface area contributed by atoms with E-state index in [9.17, 15) is 4.79 Å². The molecule has 1 aromatic carbocycles. The summed E-state index contributed by atoms with van der Waals surface area (Å²) >= 11 is 3.39. The molecule has 1 saturated carbocycles. The Morgan fingerprint density at radius 3 is 2.62 bits per heavy atom. The van der Waals surface area contributed by atoms with Crippen molar-refractivity contribution in [3.8, 4) is 0 Å². The molecule has 126 valence electrons. The van der Waals surface area contributed by atoms with Crippen molar-refractivity contribution >= 4 is 33.3 Å². The summed E-state index contributed by atoms with van der Waals surface area (Å²) in [6, 6.07) is 9.63. The van der Waals surface area contributed by atoms with E-state index >= 15 is 0 Å². The Kier molecular flexibility index (Phi) is 5.80. The lowest BCUT2D eigenvalue weighted by Gasteiger charge is -2.17. The maximum atomic E-state index is 12.4. The number of anilines is 2. The lowest BCUT2D eigenvalue weighted by Crippen LogP contribution is -2.20. The molecule has 0 aliphatic heterocycles. The zero-order valence-corrected chi connectivity index (χ0v) is 15.1. The first-order chi connectivity index (χ1) is 11.7. The molecule has 1 aliphatic rings. The van der Waals surface area contributed by atoms with E-state index in [4.69, 9.17) is 0 Å². The molecule has 2 aromatic rings. The number of rotatable bonds is 4. The molecular weight excluding hydrogens is 368 g/mol. The van der Waals surface area contributed by atoms with Crippen LogP contribution in [-0.4, -0.2) is 21.9 Å². The third kappa shape index (κ3) is 4.77. The molecule has 0 bridgehead atoms. The molecule has 2 N–H and O–H groups in total. The number of carbonyl (C=O) groups is 1. The third-order valence-electron chi connectivity index (χ3n) is 4.19. The van der Waals surface area contributed by atoms with Crippen molar-refractivity contribution in [3.05, 3.63) is 46.8 Å². The van der Waals surface area contributed by atoms with Crippen molar-refractivity contribution in [2.24, 2.45) is 0 Å². The Hall–Kier alpha value is -1.95. The van der Waals surface area contributed by atoms with Gasteiger partial charge in [-0.25, -0.2) is 9.97 Å². The summed E-state index contributed by atoms with van der Waals surface area (Å²) in [6.45, 7) is 0. The highest BCUT2D eigenvalue weighted by molar-refractivity contribution is 9.10. The van der Waals surface area contributed by atoms with Crippen molar-refractivity contribution < 1.29 is 4.79 Å². The zero-order valence-electron chi connectivity index (χ0n) is 13.5. The van der Waals surface area contributed by atoms with Gasteiger partial charge in [-0.3, -0.25) is 4.79 Å². The second kappa shape index (κ2) is 8.24. The minimum absolute atomic E-state index is 0.237. The number of hydrogen-bond acceptors (Lipinski definition) is 4. The van der Waals surface area contributed by atoms with Crippen molar-refractivity contribution in [2.75, 3.05) is 10.6 Å². The van der Waals surface area contributed by atoms with Crippen LogP contribution in [0.25, 0.3) is 0 Å². The lowest BCUT2D eigenvalue weighted by molar-refractivity contribution is 0.102. The van der Waals surface area contributed by atoms with Gasteiger partial charge in [-0.15, -0.1) is 0 Å². The van der Waals surface area contributed by atoms with Crippen LogP contribution in [0.1, 0.15) is 49.0 Å². The Morgan fingerprint density at radius 1 is 1.08 bits per heavy atom. The van der Waals surface area contributed by atoms with Crippen molar-refractivity contribution in [2.45, 2.75) is 44.6 Å². The van der Waals surface area contributed by atoms with E-state index in [0.29, 0.717) is 11.7 Å². The van der Waals surface area contributed by atoms with Gasteiger partial charge in [0.15, 0.2) is 0 Å². The van der Waals surface area contributed by atoms with Crippen LogP contribution in [0.2, 0.25) is 0 Å². The van der Waals surface area contributed by atoms with Crippen LogP contribution in [0.15, 0.2) is 41.1 Å². The molecule has 0 unspecified atom stereocenters. The molecule has 0 saturated heterocycles.